The number of methoxy groups -OCH3 is 2. The number of carbonyl (C=O) groups is 1. The van der Waals surface area contributed by atoms with E-state index in [1.54, 1.807) is 32.4 Å². The molecule has 2 atom stereocenters. The van der Waals surface area contributed by atoms with Crippen molar-refractivity contribution in [2.75, 3.05) is 20.8 Å². The van der Waals surface area contributed by atoms with Gasteiger partial charge in [-0.2, -0.15) is 0 Å². The van der Waals surface area contributed by atoms with Crippen LogP contribution in [-0.4, -0.2) is 32.8 Å². The molecule has 1 aromatic rings. The highest BCUT2D eigenvalue weighted by atomic mass is 16.5. The molecular formula is C17H25NO4. The topological polar surface area (TPSA) is 56.8 Å². The highest BCUT2D eigenvalue weighted by Crippen LogP contribution is 2.27. The van der Waals surface area contributed by atoms with Crippen LogP contribution in [0.1, 0.15) is 32.6 Å². The van der Waals surface area contributed by atoms with Gasteiger partial charge in [-0.3, -0.25) is 4.79 Å². The highest BCUT2D eigenvalue weighted by Gasteiger charge is 2.22. The van der Waals surface area contributed by atoms with Crippen molar-refractivity contribution in [1.82, 2.24) is 5.32 Å². The molecule has 0 radical (unpaired) electrons. The second-order valence-electron chi connectivity index (χ2n) is 5.77. The number of hydrogen-bond donors (Lipinski definition) is 1. The Hall–Kier alpha value is -1.91. The molecule has 0 bridgehead atoms. The molecule has 22 heavy (non-hydrogen) atoms. The van der Waals surface area contributed by atoms with Gasteiger partial charge in [0, 0.05) is 24.2 Å². The van der Waals surface area contributed by atoms with E-state index in [4.69, 9.17) is 14.2 Å². The van der Waals surface area contributed by atoms with E-state index < -0.39 is 0 Å². The van der Waals surface area contributed by atoms with E-state index in [-0.39, 0.29) is 18.6 Å². The number of amides is 1. The lowest BCUT2D eigenvalue weighted by Crippen LogP contribution is -2.43. The maximum atomic E-state index is 12.0. The summed E-state index contributed by atoms with van der Waals surface area (Å²) in [7, 11) is 3.16. The standard InChI is InChI=1S/C17H25NO4/c1-12-6-4-5-7-16(12)18-17(19)11-22-15-9-13(20-2)8-14(10-15)21-3/h8-10,12,16H,4-7,11H2,1-3H3,(H,18,19)/t12-,16-/m0/s1. The summed E-state index contributed by atoms with van der Waals surface area (Å²) < 4.78 is 15.9. The summed E-state index contributed by atoms with van der Waals surface area (Å²) in [6.45, 7) is 2.19. The first-order chi connectivity index (χ1) is 10.6. The zero-order chi connectivity index (χ0) is 15.9. The van der Waals surface area contributed by atoms with Crippen molar-refractivity contribution in [2.24, 2.45) is 5.92 Å². The van der Waals surface area contributed by atoms with Gasteiger partial charge in [-0.25, -0.2) is 0 Å². The van der Waals surface area contributed by atoms with Crippen LogP contribution in [0.5, 0.6) is 17.2 Å². The number of rotatable bonds is 6. The lowest BCUT2D eigenvalue weighted by molar-refractivity contribution is -0.124. The largest absolute Gasteiger partial charge is 0.496 e. The Morgan fingerprint density at radius 1 is 1.09 bits per heavy atom. The summed E-state index contributed by atoms with van der Waals surface area (Å²) in [6, 6.07) is 5.50. The lowest BCUT2D eigenvalue weighted by atomic mass is 9.86. The van der Waals surface area contributed by atoms with Crippen LogP contribution in [0.25, 0.3) is 0 Å². The highest BCUT2D eigenvalue weighted by molar-refractivity contribution is 5.77. The quantitative estimate of drug-likeness (QED) is 0.878. The van der Waals surface area contributed by atoms with E-state index in [1.807, 2.05) is 0 Å². The normalized spacial score (nSPS) is 21.0. The SMILES string of the molecule is COc1cc(OC)cc(OCC(=O)N[C@H]2CCCC[C@@H]2C)c1. The number of carbonyl (C=O) groups excluding carboxylic acids is 1. The number of ether oxygens (including phenoxy) is 3. The van der Waals surface area contributed by atoms with E-state index in [9.17, 15) is 4.79 Å². The molecule has 1 amide bonds. The zero-order valence-corrected chi connectivity index (χ0v) is 13.6. The van der Waals surface area contributed by atoms with Gasteiger partial charge in [0.15, 0.2) is 6.61 Å². The summed E-state index contributed by atoms with van der Waals surface area (Å²) in [5, 5.41) is 3.07. The monoisotopic (exact) mass is 307 g/mol. The molecule has 1 fully saturated rings. The molecule has 122 valence electrons. The van der Waals surface area contributed by atoms with Gasteiger partial charge in [0.1, 0.15) is 17.2 Å². The van der Waals surface area contributed by atoms with Gasteiger partial charge in [-0.05, 0) is 18.8 Å². The average Bonchev–Trinajstić information content (AvgIpc) is 2.54. The molecule has 0 unspecified atom stereocenters. The van der Waals surface area contributed by atoms with E-state index in [1.165, 1.54) is 19.3 Å². The molecule has 1 N–H and O–H groups in total. The Morgan fingerprint density at radius 3 is 2.27 bits per heavy atom. The molecule has 0 aromatic heterocycles. The van der Waals surface area contributed by atoms with Crippen LogP contribution in [0.15, 0.2) is 18.2 Å². The second-order valence-corrected chi connectivity index (χ2v) is 5.77. The molecule has 0 aliphatic heterocycles. The first-order valence-corrected chi connectivity index (χ1v) is 7.77. The third-order valence-corrected chi connectivity index (χ3v) is 4.15. The number of benzene rings is 1. The molecule has 0 saturated heterocycles. The van der Waals surface area contributed by atoms with Crippen molar-refractivity contribution in [2.45, 2.75) is 38.6 Å². The Kier molecular flexibility index (Phi) is 5.92. The van der Waals surface area contributed by atoms with Crippen LogP contribution in [0.2, 0.25) is 0 Å². The van der Waals surface area contributed by atoms with Gasteiger partial charge in [0.05, 0.1) is 14.2 Å². The van der Waals surface area contributed by atoms with Gasteiger partial charge < -0.3 is 19.5 Å². The van der Waals surface area contributed by atoms with Gasteiger partial charge in [-0.15, -0.1) is 0 Å². The first-order valence-electron chi connectivity index (χ1n) is 7.77. The third kappa shape index (κ3) is 4.55. The smallest absolute Gasteiger partial charge is 0.258 e. The van der Waals surface area contributed by atoms with Crippen molar-refractivity contribution in [3.8, 4) is 17.2 Å². The van der Waals surface area contributed by atoms with E-state index in [0.717, 1.165) is 6.42 Å². The van der Waals surface area contributed by atoms with Crippen molar-refractivity contribution in [3.05, 3.63) is 18.2 Å². The summed E-state index contributed by atoms with van der Waals surface area (Å²) >= 11 is 0. The van der Waals surface area contributed by atoms with Crippen molar-refractivity contribution in [3.63, 3.8) is 0 Å². The third-order valence-electron chi connectivity index (χ3n) is 4.15. The molecule has 1 aliphatic carbocycles. The van der Waals surface area contributed by atoms with Gasteiger partial charge >= 0.3 is 0 Å². The van der Waals surface area contributed by atoms with Crippen LogP contribution >= 0.6 is 0 Å². The molecule has 2 rings (SSSR count). The predicted molar refractivity (Wildman–Crippen MR) is 84.6 cm³/mol. The molecular weight excluding hydrogens is 282 g/mol. The summed E-state index contributed by atoms with van der Waals surface area (Å²) in [5.41, 5.74) is 0. The minimum absolute atomic E-state index is 0.000454. The van der Waals surface area contributed by atoms with E-state index in [2.05, 4.69) is 12.2 Å². The molecule has 0 heterocycles. The Labute approximate surface area is 131 Å². The van der Waals surface area contributed by atoms with Crippen LogP contribution in [-0.2, 0) is 4.79 Å². The lowest BCUT2D eigenvalue weighted by Gasteiger charge is -2.29. The van der Waals surface area contributed by atoms with Crippen molar-refractivity contribution in [1.29, 1.82) is 0 Å². The van der Waals surface area contributed by atoms with Gasteiger partial charge in [-0.1, -0.05) is 19.8 Å². The summed E-state index contributed by atoms with van der Waals surface area (Å²) in [4.78, 5) is 12.0. The fourth-order valence-electron chi connectivity index (χ4n) is 2.79. The maximum absolute atomic E-state index is 12.0. The Bertz CT molecular complexity index is 481. The minimum atomic E-state index is -0.0828. The molecule has 5 nitrogen and oxygen atoms in total. The molecule has 1 aromatic carbocycles. The van der Waals surface area contributed by atoms with Crippen LogP contribution in [0, 0.1) is 5.92 Å². The van der Waals surface area contributed by atoms with Crippen LogP contribution < -0.4 is 19.5 Å². The molecule has 5 heteroatoms. The Balaban J connectivity index is 1.87. The van der Waals surface area contributed by atoms with Crippen LogP contribution in [0.4, 0.5) is 0 Å². The molecule has 1 saturated carbocycles. The van der Waals surface area contributed by atoms with Crippen molar-refractivity contribution < 1.29 is 19.0 Å². The first kappa shape index (κ1) is 16.5. The molecule has 1 aliphatic rings. The van der Waals surface area contributed by atoms with E-state index in [0.29, 0.717) is 23.2 Å². The van der Waals surface area contributed by atoms with E-state index >= 15 is 0 Å². The fourth-order valence-corrected chi connectivity index (χ4v) is 2.79. The number of hydrogen-bond acceptors (Lipinski definition) is 4. The van der Waals surface area contributed by atoms with Crippen molar-refractivity contribution >= 4 is 5.91 Å². The Morgan fingerprint density at radius 2 is 1.68 bits per heavy atom. The number of nitrogens with one attached hydrogen (secondary N) is 1. The van der Waals surface area contributed by atoms with Crippen LogP contribution in [0.3, 0.4) is 0 Å². The maximum Gasteiger partial charge on any atom is 0.258 e. The zero-order valence-electron chi connectivity index (χ0n) is 13.6. The predicted octanol–water partition coefficient (Wildman–Crippen LogP) is 2.78. The fraction of sp³-hybridized carbons (Fsp3) is 0.588. The minimum Gasteiger partial charge on any atom is -0.496 e. The average molecular weight is 307 g/mol. The summed E-state index contributed by atoms with van der Waals surface area (Å²) in [5.74, 6) is 2.28. The summed E-state index contributed by atoms with van der Waals surface area (Å²) in [6.07, 6.45) is 4.68. The second kappa shape index (κ2) is 7.92. The van der Waals surface area contributed by atoms with Gasteiger partial charge in [0.2, 0.25) is 0 Å². The van der Waals surface area contributed by atoms with Gasteiger partial charge in [0.25, 0.3) is 5.91 Å². The molecule has 0 spiro atoms.